The van der Waals surface area contributed by atoms with E-state index in [4.69, 9.17) is 4.98 Å². The summed E-state index contributed by atoms with van der Waals surface area (Å²) in [5, 5.41) is 0. The van der Waals surface area contributed by atoms with E-state index in [1.807, 2.05) is 23.2 Å². The van der Waals surface area contributed by atoms with E-state index in [9.17, 15) is 9.18 Å². The van der Waals surface area contributed by atoms with E-state index in [0.717, 1.165) is 49.9 Å². The van der Waals surface area contributed by atoms with Crippen LogP contribution in [0.15, 0.2) is 60.8 Å². The van der Waals surface area contributed by atoms with Crippen molar-refractivity contribution in [3.8, 4) is 0 Å². The molecule has 0 N–H and O–H groups in total. The van der Waals surface area contributed by atoms with Crippen molar-refractivity contribution in [2.75, 3.05) is 6.54 Å². The lowest BCUT2D eigenvalue weighted by molar-refractivity contribution is -0.132. The first kappa shape index (κ1) is 22.2. The number of aryl methyl sites for hydroxylation is 3. The van der Waals surface area contributed by atoms with Gasteiger partial charge in [0.25, 0.3) is 0 Å². The fraction of sp³-hybridized carbons (Fsp3) is 0.357. The van der Waals surface area contributed by atoms with Crippen LogP contribution >= 0.6 is 0 Å². The summed E-state index contributed by atoms with van der Waals surface area (Å²) in [6.07, 6.45) is 6.87. The number of hydrogen-bond donors (Lipinski definition) is 0. The van der Waals surface area contributed by atoms with E-state index in [-0.39, 0.29) is 17.8 Å². The van der Waals surface area contributed by atoms with Gasteiger partial charge in [-0.25, -0.2) is 4.39 Å². The molecule has 1 aliphatic rings. The second-order valence-electron chi connectivity index (χ2n) is 8.94. The van der Waals surface area contributed by atoms with Crippen LogP contribution in [0.5, 0.6) is 0 Å². The summed E-state index contributed by atoms with van der Waals surface area (Å²) < 4.78 is 13.4. The maximum absolute atomic E-state index is 13.4. The standard InChI is InChI=1S/C28H31FN2O/c1-20-8-10-23(11-9-20)18-24-13-15-26(30-19-24)27-6-4-16-31(27)28(32)7-3-5-22-12-14-25(29)21(2)17-22/h8-15,17,19,27H,3-7,16,18H2,1-2H3. The van der Waals surface area contributed by atoms with Crippen molar-refractivity contribution in [2.45, 2.75) is 58.4 Å². The Bertz CT molecular complexity index is 1060. The van der Waals surface area contributed by atoms with Crippen molar-refractivity contribution < 1.29 is 9.18 Å². The van der Waals surface area contributed by atoms with Gasteiger partial charge in [0, 0.05) is 19.2 Å². The highest BCUT2D eigenvalue weighted by Crippen LogP contribution is 2.31. The molecule has 1 fully saturated rings. The Morgan fingerprint density at radius 2 is 1.78 bits per heavy atom. The third-order valence-corrected chi connectivity index (χ3v) is 6.37. The number of halogens is 1. The number of carbonyl (C=O) groups is 1. The minimum Gasteiger partial charge on any atom is -0.334 e. The third kappa shape index (κ3) is 5.42. The number of hydrogen-bond acceptors (Lipinski definition) is 2. The molecule has 1 aromatic heterocycles. The van der Waals surface area contributed by atoms with Gasteiger partial charge in [0.1, 0.15) is 5.82 Å². The highest BCUT2D eigenvalue weighted by atomic mass is 19.1. The van der Waals surface area contributed by atoms with Crippen molar-refractivity contribution in [2.24, 2.45) is 0 Å². The molecule has 0 saturated carbocycles. The molecule has 32 heavy (non-hydrogen) atoms. The first-order valence-corrected chi connectivity index (χ1v) is 11.5. The number of likely N-dealkylation sites (tertiary alicyclic amines) is 1. The van der Waals surface area contributed by atoms with Crippen molar-refractivity contribution in [3.05, 3.63) is 100 Å². The molecule has 166 valence electrons. The van der Waals surface area contributed by atoms with E-state index >= 15 is 0 Å². The van der Waals surface area contributed by atoms with Gasteiger partial charge in [-0.05, 0) is 80.3 Å². The van der Waals surface area contributed by atoms with Crippen LogP contribution in [0, 0.1) is 19.7 Å². The number of carbonyl (C=O) groups excluding carboxylic acids is 1. The summed E-state index contributed by atoms with van der Waals surface area (Å²) >= 11 is 0. The molecule has 1 atom stereocenters. The summed E-state index contributed by atoms with van der Waals surface area (Å²) in [7, 11) is 0. The van der Waals surface area contributed by atoms with Gasteiger partial charge in [-0.3, -0.25) is 9.78 Å². The van der Waals surface area contributed by atoms with Gasteiger partial charge >= 0.3 is 0 Å². The second-order valence-corrected chi connectivity index (χ2v) is 8.94. The molecule has 0 bridgehead atoms. The molecule has 2 heterocycles. The van der Waals surface area contributed by atoms with Gasteiger partial charge in [-0.2, -0.15) is 0 Å². The molecule has 0 spiro atoms. The molecular weight excluding hydrogens is 399 g/mol. The summed E-state index contributed by atoms with van der Waals surface area (Å²) in [6.45, 7) is 4.67. The maximum atomic E-state index is 13.4. The first-order chi connectivity index (χ1) is 15.5. The van der Waals surface area contributed by atoms with Gasteiger partial charge in [-0.1, -0.05) is 48.0 Å². The predicted octanol–water partition coefficient (Wildman–Crippen LogP) is 6.11. The Labute approximate surface area is 190 Å². The molecule has 0 aliphatic carbocycles. The lowest BCUT2D eigenvalue weighted by atomic mass is 10.0. The number of benzene rings is 2. The smallest absolute Gasteiger partial charge is 0.223 e. The first-order valence-electron chi connectivity index (χ1n) is 11.5. The minimum atomic E-state index is -0.179. The Kier molecular flexibility index (Phi) is 6.99. The van der Waals surface area contributed by atoms with Gasteiger partial charge < -0.3 is 4.90 Å². The van der Waals surface area contributed by atoms with Crippen LogP contribution in [0.2, 0.25) is 0 Å². The molecule has 1 amide bonds. The Morgan fingerprint density at radius 1 is 1.03 bits per heavy atom. The zero-order chi connectivity index (χ0) is 22.5. The average Bonchev–Trinajstić information content (AvgIpc) is 3.28. The number of aromatic nitrogens is 1. The fourth-order valence-electron chi connectivity index (χ4n) is 4.50. The average molecular weight is 431 g/mol. The van der Waals surface area contributed by atoms with E-state index in [0.29, 0.717) is 12.0 Å². The van der Waals surface area contributed by atoms with Gasteiger partial charge in [0.15, 0.2) is 0 Å². The molecule has 1 saturated heterocycles. The molecule has 1 unspecified atom stereocenters. The van der Waals surface area contributed by atoms with Crippen molar-refractivity contribution in [1.82, 2.24) is 9.88 Å². The largest absolute Gasteiger partial charge is 0.334 e. The van der Waals surface area contributed by atoms with Gasteiger partial charge in [0.05, 0.1) is 11.7 Å². The van der Waals surface area contributed by atoms with Crippen LogP contribution in [-0.2, 0) is 17.6 Å². The highest BCUT2D eigenvalue weighted by molar-refractivity contribution is 5.77. The Hall–Kier alpha value is -3.01. The Balaban J connectivity index is 1.33. The van der Waals surface area contributed by atoms with Crippen LogP contribution in [0.1, 0.15) is 65.2 Å². The number of nitrogens with zero attached hydrogens (tertiary/aromatic N) is 2. The van der Waals surface area contributed by atoms with Crippen LogP contribution < -0.4 is 0 Å². The van der Waals surface area contributed by atoms with Crippen LogP contribution in [0.3, 0.4) is 0 Å². The maximum Gasteiger partial charge on any atom is 0.223 e. The predicted molar refractivity (Wildman–Crippen MR) is 126 cm³/mol. The molecule has 1 aliphatic heterocycles. The molecule has 0 radical (unpaired) electrons. The van der Waals surface area contributed by atoms with Crippen molar-refractivity contribution >= 4 is 5.91 Å². The summed E-state index contributed by atoms with van der Waals surface area (Å²) in [4.78, 5) is 19.6. The summed E-state index contributed by atoms with van der Waals surface area (Å²) in [6, 6.07) is 18.1. The van der Waals surface area contributed by atoms with Crippen molar-refractivity contribution in [3.63, 3.8) is 0 Å². The van der Waals surface area contributed by atoms with E-state index in [2.05, 4.69) is 43.3 Å². The Morgan fingerprint density at radius 3 is 2.50 bits per heavy atom. The third-order valence-electron chi connectivity index (χ3n) is 6.37. The SMILES string of the molecule is Cc1ccc(Cc2ccc(C3CCCN3C(=O)CCCc3ccc(F)c(C)c3)nc2)cc1. The second kappa shape index (κ2) is 10.1. The van der Waals surface area contributed by atoms with Crippen LogP contribution in [0.4, 0.5) is 4.39 Å². The molecule has 3 aromatic rings. The van der Waals surface area contributed by atoms with Crippen LogP contribution in [0.25, 0.3) is 0 Å². The number of rotatable bonds is 7. The van der Waals surface area contributed by atoms with E-state index in [1.54, 1.807) is 6.92 Å². The van der Waals surface area contributed by atoms with E-state index < -0.39 is 0 Å². The quantitative estimate of drug-likeness (QED) is 0.453. The van der Waals surface area contributed by atoms with Gasteiger partial charge in [0.2, 0.25) is 5.91 Å². The number of pyridine rings is 1. The van der Waals surface area contributed by atoms with Crippen LogP contribution in [-0.4, -0.2) is 22.3 Å². The zero-order valence-corrected chi connectivity index (χ0v) is 19.0. The summed E-state index contributed by atoms with van der Waals surface area (Å²) in [5.74, 6) is 0.0129. The highest BCUT2D eigenvalue weighted by Gasteiger charge is 2.30. The topological polar surface area (TPSA) is 33.2 Å². The normalized spacial score (nSPS) is 15.8. The molecule has 4 rings (SSSR count). The zero-order valence-electron chi connectivity index (χ0n) is 19.0. The van der Waals surface area contributed by atoms with Crippen molar-refractivity contribution in [1.29, 1.82) is 0 Å². The lowest BCUT2D eigenvalue weighted by Gasteiger charge is -2.24. The molecule has 4 heteroatoms. The van der Waals surface area contributed by atoms with Gasteiger partial charge in [-0.15, -0.1) is 0 Å². The molecular formula is C28H31FN2O. The van der Waals surface area contributed by atoms with E-state index in [1.165, 1.54) is 22.8 Å². The summed E-state index contributed by atoms with van der Waals surface area (Å²) in [5.41, 5.74) is 6.45. The number of amides is 1. The fourth-order valence-corrected chi connectivity index (χ4v) is 4.50. The monoisotopic (exact) mass is 430 g/mol. The lowest BCUT2D eigenvalue weighted by Crippen LogP contribution is -2.30. The molecule has 2 aromatic carbocycles. The minimum absolute atomic E-state index is 0.0731. The molecule has 3 nitrogen and oxygen atoms in total.